The molecule has 0 aliphatic rings. The molecule has 0 saturated heterocycles. The van der Waals surface area contributed by atoms with Gasteiger partial charge in [0, 0.05) is 0 Å². The monoisotopic (exact) mass is 182 g/mol. The van der Waals surface area contributed by atoms with Crippen LogP contribution in [0.4, 0.5) is 0 Å². The fraction of sp³-hybridized carbons (Fsp3) is 0.286. The van der Waals surface area contributed by atoms with Gasteiger partial charge in [-0.3, -0.25) is 0 Å². The summed E-state index contributed by atoms with van der Waals surface area (Å²) >= 11 is 0. The van der Waals surface area contributed by atoms with Gasteiger partial charge in [0.15, 0.2) is 0 Å². The van der Waals surface area contributed by atoms with E-state index in [4.69, 9.17) is 0 Å². The van der Waals surface area contributed by atoms with Crippen molar-refractivity contribution in [2.45, 2.75) is 26.2 Å². The van der Waals surface area contributed by atoms with Crippen molar-refractivity contribution in [1.29, 1.82) is 0 Å². The molecule has 2 aromatic rings. The molecule has 0 aliphatic carbocycles. The van der Waals surface area contributed by atoms with E-state index in [0.29, 0.717) is 0 Å². The van der Waals surface area contributed by atoms with Gasteiger partial charge in [0.1, 0.15) is 0 Å². The van der Waals surface area contributed by atoms with Crippen LogP contribution in [-0.2, 0) is 5.41 Å². The highest BCUT2D eigenvalue weighted by Crippen LogP contribution is 2.24. The lowest BCUT2D eigenvalue weighted by atomic mass is 9.86. The minimum Gasteiger partial charge on any atom is -0.0616 e. The van der Waals surface area contributed by atoms with Crippen LogP contribution >= 0.6 is 0 Å². The van der Waals surface area contributed by atoms with Crippen LogP contribution in [0.3, 0.4) is 0 Å². The molecule has 0 nitrogen and oxygen atoms in total. The summed E-state index contributed by atoms with van der Waals surface area (Å²) in [6.07, 6.45) is 0. The van der Waals surface area contributed by atoms with Crippen molar-refractivity contribution >= 4 is 10.8 Å². The Kier molecular flexibility index (Phi) is 2.07. The molecule has 14 heavy (non-hydrogen) atoms. The van der Waals surface area contributed by atoms with Crippen LogP contribution in [0.15, 0.2) is 30.3 Å². The van der Waals surface area contributed by atoms with Crippen LogP contribution in [0.2, 0.25) is 0 Å². The average Bonchev–Trinajstić information content (AvgIpc) is 2.16. The van der Waals surface area contributed by atoms with Crippen molar-refractivity contribution in [2.75, 3.05) is 0 Å². The van der Waals surface area contributed by atoms with Crippen LogP contribution in [0.1, 0.15) is 26.3 Å². The summed E-state index contributed by atoms with van der Waals surface area (Å²) in [7, 11) is 0. The highest BCUT2D eigenvalue weighted by atomic mass is 14.2. The van der Waals surface area contributed by atoms with E-state index in [2.05, 4.69) is 45.0 Å². The average molecular weight is 182 g/mol. The minimum atomic E-state index is 0.153. The minimum absolute atomic E-state index is 0.153. The lowest BCUT2D eigenvalue weighted by Gasteiger charge is -2.18. The number of fused-ring (bicyclic) bond motifs is 1. The Morgan fingerprint density at radius 3 is 2.29 bits per heavy atom. The second-order valence-electron chi connectivity index (χ2n) is 4.62. The first-order chi connectivity index (χ1) is 6.57. The zero-order valence-electron chi connectivity index (χ0n) is 8.89. The zero-order chi connectivity index (χ0) is 10.2. The molecular formula is C14H14. The van der Waals surface area contributed by atoms with Gasteiger partial charge in [-0.25, -0.2) is 0 Å². The van der Waals surface area contributed by atoms with Crippen LogP contribution in [0.5, 0.6) is 0 Å². The number of hydrogen-bond acceptors (Lipinski definition) is 0. The molecule has 0 N–H and O–H groups in total. The van der Waals surface area contributed by atoms with Crippen molar-refractivity contribution in [3.8, 4) is 0 Å². The predicted octanol–water partition coefficient (Wildman–Crippen LogP) is 3.74. The van der Waals surface area contributed by atoms with Crippen LogP contribution in [0, 0.1) is 12.1 Å². The Morgan fingerprint density at radius 2 is 1.64 bits per heavy atom. The van der Waals surface area contributed by atoms with E-state index in [0.717, 1.165) is 10.8 Å². The summed E-state index contributed by atoms with van der Waals surface area (Å²) in [6.45, 7) is 6.59. The Bertz CT molecular complexity index is 447. The topological polar surface area (TPSA) is 0 Å². The maximum Gasteiger partial charge on any atom is -0.00583 e. The van der Waals surface area contributed by atoms with E-state index < -0.39 is 0 Å². The Balaban J connectivity index is 2.63. The molecule has 0 aliphatic heterocycles. The smallest absolute Gasteiger partial charge is 0.00583 e. The van der Waals surface area contributed by atoms with Crippen molar-refractivity contribution in [1.82, 2.24) is 0 Å². The SMILES string of the molecule is CC(C)(C)c1[c]c2ccccc2[c]c1. The summed E-state index contributed by atoms with van der Waals surface area (Å²) < 4.78 is 0. The first-order valence-corrected chi connectivity index (χ1v) is 4.90. The molecular weight excluding hydrogens is 168 g/mol. The molecule has 0 saturated carbocycles. The molecule has 2 radical (unpaired) electrons. The van der Waals surface area contributed by atoms with Crippen molar-refractivity contribution < 1.29 is 0 Å². The van der Waals surface area contributed by atoms with Gasteiger partial charge < -0.3 is 0 Å². The van der Waals surface area contributed by atoms with E-state index in [-0.39, 0.29) is 5.41 Å². The lowest BCUT2D eigenvalue weighted by molar-refractivity contribution is 0.590. The molecule has 2 aromatic carbocycles. The summed E-state index contributed by atoms with van der Waals surface area (Å²) in [6, 6.07) is 17.0. The third kappa shape index (κ3) is 1.65. The van der Waals surface area contributed by atoms with Crippen molar-refractivity contribution in [3.05, 3.63) is 48.0 Å². The first-order valence-electron chi connectivity index (χ1n) is 4.90. The fourth-order valence-corrected chi connectivity index (χ4v) is 1.45. The number of hydrogen-bond donors (Lipinski definition) is 0. The maximum atomic E-state index is 3.44. The number of rotatable bonds is 0. The molecule has 0 bridgehead atoms. The van der Waals surface area contributed by atoms with Crippen LogP contribution < -0.4 is 0 Å². The molecule has 0 heteroatoms. The maximum absolute atomic E-state index is 3.44. The number of benzene rings is 2. The second-order valence-corrected chi connectivity index (χ2v) is 4.62. The van der Waals surface area contributed by atoms with E-state index >= 15 is 0 Å². The third-order valence-electron chi connectivity index (χ3n) is 2.38. The van der Waals surface area contributed by atoms with Crippen molar-refractivity contribution in [2.24, 2.45) is 0 Å². The zero-order valence-corrected chi connectivity index (χ0v) is 8.89. The molecule has 0 spiro atoms. The van der Waals surface area contributed by atoms with Crippen LogP contribution in [0.25, 0.3) is 10.8 Å². The van der Waals surface area contributed by atoms with E-state index in [1.807, 2.05) is 18.2 Å². The molecule has 0 atom stereocenters. The molecule has 0 unspecified atom stereocenters. The molecule has 0 aromatic heterocycles. The van der Waals surface area contributed by atoms with Gasteiger partial charge in [0.2, 0.25) is 0 Å². The Labute approximate surface area is 85.6 Å². The largest absolute Gasteiger partial charge is 0.0616 e. The summed E-state index contributed by atoms with van der Waals surface area (Å²) in [5.74, 6) is 0. The van der Waals surface area contributed by atoms with Crippen molar-refractivity contribution in [3.63, 3.8) is 0 Å². The first kappa shape index (κ1) is 9.26. The molecule has 0 amide bonds. The Morgan fingerprint density at radius 1 is 1.00 bits per heavy atom. The highest BCUT2D eigenvalue weighted by Gasteiger charge is 2.13. The second kappa shape index (κ2) is 3.13. The Hall–Kier alpha value is -1.30. The summed E-state index contributed by atoms with van der Waals surface area (Å²) in [5.41, 5.74) is 1.37. The molecule has 70 valence electrons. The normalized spacial score (nSPS) is 11.9. The van der Waals surface area contributed by atoms with Gasteiger partial charge in [-0.2, -0.15) is 0 Å². The highest BCUT2D eigenvalue weighted by molar-refractivity contribution is 5.81. The standard InChI is InChI=1S/C14H14/c1-14(2,3)13-9-8-11-6-4-5-7-12(11)10-13/h4-7,9H,1-3H3. The summed E-state index contributed by atoms with van der Waals surface area (Å²) in [5, 5.41) is 2.29. The quantitative estimate of drug-likeness (QED) is 0.582. The van der Waals surface area contributed by atoms with Gasteiger partial charge >= 0.3 is 0 Å². The third-order valence-corrected chi connectivity index (χ3v) is 2.38. The molecule has 0 fully saturated rings. The van der Waals surface area contributed by atoms with Gasteiger partial charge in [-0.15, -0.1) is 0 Å². The van der Waals surface area contributed by atoms with Gasteiger partial charge in [0.25, 0.3) is 0 Å². The molecule has 0 heterocycles. The van der Waals surface area contributed by atoms with Crippen LogP contribution in [-0.4, -0.2) is 0 Å². The predicted molar refractivity (Wildman–Crippen MR) is 60.3 cm³/mol. The fourth-order valence-electron chi connectivity index (χ4n) is 1.45. The summed E-state index contributed by atoms with van der Waals surface area (Å²) in [4.78, 5) is 0. The van der Waals surface area contributed by atoms with E-state index in [1.54, 1.807) is 0 Å². The van der Waals surface area contributed by atoms with E-state index in [9.17, 15) is 0 Å². The van der Waals surface area contributed by atoms with E-state index in [1.165, 1.54) is 5.56 Å². The van der Waals surface area contributed by atoms with Gasteiger partial charge in [0.05, 0.1) is 0 Å². The van der Waals surface area contributed by atoms with Gasteiger partial charge in [-0.05, 0) is 39.9 Å². The molecule has 2 rings (SSSR count). The van der Waals surface area contributed by atoms with Gasteiger partial charge in [-0.1, -0.05) is 45.0 Å². The lowest BCUT2D eigenvalue weighted by Crippen LogP contribution is -2.10.